The fourth-order valence-corrected chi connectivity index (χ4v) is 3.17. The Hall–Kier alpha value is -2.87. The average Bonchev–Trinajstić information content (AvgIpc) is 3.13. The third kappa shape index (κ3) is 4.11. The fourth-order valence-electron chi connectivity index (χ4n) is 2.67. The van der Waals surface area contributed by atoms with Crippen LogP contribution in [0.5, 0.6) is 5.75 Å². The number of hydrogen-bond donors (Lipinski definition) is 2. The highest BCUT2D eigenvalue weighted by Gasteiger charge is 2.30. The molecular weight excluding hydrogens is 375 g/mol. The Labute approximate surface area is 158 Å². The van der Waals surface area contributed by atoms with Crippen LogP contribution in [0.15, 0.2) is 48.1 Å². The largest absolute Gasteiger partial charge is 0.487 e. The van der Waals surface area contributed by atoms with Gasteiger partial charge in [0.15, 0.2) is 0 Å². The second-order valence-corrected chi connectivity index (χ2v) is 6.85. The van der Waals surface area contributed by atoms with E-state index in [0.717, 1.165) is 22.6 Å². The van der Waals surface area contributed by atoms with Crippen LogP contribution in [0.25, 0.3) is 11.1 Å². The van der Waals surface area contributed by atoms with Gasteiger partial charge in [0.2, 0.25) is 0 Å². The number of nitrogens with zero attached hydrogens (tertiary/aromatic N) is 1. The summed E-state index contributed by atoms with van der Waals surface area (Å²) >= 11 is 1.44. The van der Waals surface area contributed by atoms with Crippen molar-refractivity contribution in [3.63, 3.8) is 0 Å². The molecule has 1 heterocycles. The summed E-state index contributed by atoms with van der Waals surface area (Å²) in [6, 6.07) is 8.19. The number of nitrogen functional groups attached to an aromatic ring is 1. The van der Waals surface area contributed by atoms with Crippen molar-refractivity contribution in [3.05, 3.63) is 69.7 Å². The number of hydrogen-bond acceptors (Lipinski definition) is 4. The maximum absolute atomic E-state index is 12.9. The lowest BCUT2D eigenvalue weighted by Crippen LogP contribution is -2.14. The summed E-state index contributed by atoms with van der Waals surface area (Å²) in [6.45, 7) is 2.10. The van der Waals surface area contributed by atoms with E-state index in [-0.39, 0.29) is 12.4 Å². The number of rotatable bonds is 5. The van der Waals surface area contributed by atoms with E-state index in [1.807, 2.05) is 6.92 Å². The maximum atomic E-state index is 12.9. The van der Waals surface area contributed by atoms with Crippen LogP contribution in [0, 0.1) is 12.3 Å². The Bertz CT molecular complexity index is 952. The SMILES string of the molecule is Cc1ccc(C(=N)N)c(-c2ccc(C(F)(F)F)cc2)c1OCc1cncs1. The van der Waals surface area contributed by atoms with Gasteiger partial charge in [-0.1, -0.05) is 24.3 Å². The molecule has 8 heteroatoms. The number of nitrogens with two attached hydrogens (primary N) is 1. The zero-order valence-corrected chi connectivity index (χ0v) is 15.1. The lowest BCUT2D eigenvalue weighted by Gasteiger charge is -2.18. The number of benzene rings is 2. The molecule has 0 unspecified atom stereocenters. The molecule has 1 aromatic heterocycles. The van der Waals surface area contributed by atoms with Crippen molar-refractivity contribution in [3.8, 4) is 16.9 Å². The summed E-state index contributed by atoms with van der Waals surface area (Å²) in [5, 5.41) is 7.84. The minimum absolute atomic E-state index is 0.187. The van der Waals surface area contributed by atoms with Gasteiger partial charge in [0.1, 0.15) is 18.2 Å². The number of amidine groups is 1. The molecule has 0 fully saturated rings. The molecule has 0 atom stereocenters. The summed E-state index contributed by atoms with van der Waals surface area (Å²) in [6.07, 6.45) is -2.73. The highest BCUT2D eigenvalue weighted by atomic mass is 32.1. The van der Waals surface area contributed by atoms with Crippen LogP contribution in [0.3, 0.4) is 0 Å². The van der Waals surface area contributed by atoms with Gasteiger partial charge < -0.3 is 10.5 Å². The van der Waals surface area contributed by atoms with Crippen molar-refractivity contribution >= 4 is 17.2 Å². The van der Waals surface area contributed by atoms with E-state index in [1.54, 1.807) is 23.8 Å². The number of thiazole rings is 1. The van der Waals surface area contributed by atoms with E-state index in [0.29, 0.717) is 22.4 Å². The predicted molar refractivity (Wildman–Crippen MR) is 99.1 cm³/mol. The molecule has 3 rings (SSSR count). The first kappa shape index (κ1) is 18.9. The van der Waals surface area contributed by atoms with E-state index >= 15 is 0 Å². The first-order chi connectivity index (χ1) is 12.8. The van der Waals surface area contributed by atoms with Gasteiger partial charge in [0, 0.05) is 17.3 Å². The smallest absolute Gasteiger partial charge is 0.416 e. The fraction of sp³-hybridized carbons (Fsp3) is 0.158. The van der Waals surface area contributed by atoms with Gasteiger partial charge in [-0.25, -0.2) is 0 Å². The normalized spacial score (nSPS) is 11.4. The minimum atomic E-state index is -4.42. The topological polar surface area (TPSA) is 72.0 Å². The summed E-state index contributed by atoms with van der Waals surface area (Å²) in [5.74, 6) is 0.295. The first-order valence-electron chi connectivity index (χ1n) is 7.93. The van der Waals surface area contributed by atoms with E-state index in [4.69, 9.17) is 15.9 Å². The number of halogens is 3. The van der Waals surface area contributed by atoms with Crippen LogP contribution in [0.2, 0.25) is 0 Å². The lowest BCUT2D eigenvalue weighted by molar-refractivity contribution is -0.137. The molecule has 0 aliphatic carbocycles. The molecule has 27 heavy (non-hydrogen) atoms. The first-order valence-corrected chi connectivity index (χ1v) is 8.81. The molecule has 4 nitrogen and oxygen atoms in total. The standard InChI is InChI=1S/C19H16F3N3OS/c1-11-2-7-15(18(23)24)16(17(11)26-9-14-8-25-10-27-14)12-3-5-13(6-4-12)19(20,21)22/h2-8,10H,9H2,1H3,(H3,23,24). The summed E-state index contributed by atoms with van der Waals surface area (Å²) in [5.41, 5.74) is 8.84. The molecule has 2 aromatic carbocycles. The number of nitrogens with one attached hydrogen (secondary N) is 1. The Morgan fingerprint density at radius 1 is 1.19 bits per heavy atom. The number of aryl methyl sites for hydroxylation is 1. The predicted octanol–water partition coefficient (Wildman–Crippen LogP) is 5.00. The molecule has 140 valence electrons. The van der Waals surface area contributed by atoms with Gasteiger partial charge >= 0.3 is 6.18 Å². The quantitative estimate of drug-likeness (QED) is 0.475. The van der Waals surface area contributed by atoms with Crippen molar-refractivity contribution < 1.29 is 17.9 Å². The van der Waals surface area contributed by atoms with Gasteiger partial charge in [0.25, 0.3) is 0 Å². The van der Waals surface area contributed by atoms with Gasteiger partial charge in [-0.05, 0) is 30.2 Å². The van der Waals surface area contributed by atoms with Crippen molar-refractivity contribution in [2.24, 2.45) is 5.73 Å². The highest BCUT2D eigenvalue weighted by molar-refractivity contribution is 7.09. The molecule has 0 aliphatic rings. The maximum Gasteiger partial charge on any atom is 0.416 e. The third-order valence-corrected chi connectivity index (χ3v) is 4.74. The van der Waals surface area contributed by atoms with Gasteiger partial charge in [-0.2, -0.15) is 13.2 Å². The molecule has 0 saturated carbocycles. The van der Waals surface area contributed by atoms with E-state index in [2.05, 4.69) is 4.98 Å². The minimum Gasteiger partial charge on any atom is -0.487 e. The average molecular weight is 391 g/mol. The van der Waals surface area contributed by atoms with Crippen LogP contribution in [0.1, 0.15) is 21.6 Å². The van der Waals surface area contributed by atoms with Crippen molar-refractivity contribution in [2.75, 3.05) is 0 Å². The Balaban J connectivity index is 2.08. The zero-order chi connectivity index (χ0) is 19.6. The highest BCUT2D eigenvalue weighted by Crippen LogP contribution is 2.38. The zero-order valence-electron chi connectivity index (χ0n) is 14.3. The van der Waals surface area contributed by atoms with Crippen LogP contribution in [0.4, 0.5) is 13.2 Å². The van der Waals surface area contributed by atoms with Crippen molar-refractivity contribution in [1.29, 1.82) is 5.41 Å². The summed E-state index contributed by atoms with van der Waals surface area (Å²) in [4.78, 5) is 4.90. The molecule has 0 aliphatic heterocycles. The number of alkyl halides is 3. The Kier molecular flexibility index (Phi) is 5.18. The molecular formula is C19H16F3N3OS. The van der Waals surface area contributed by atoms with Crippen LogP contribution in [-0.2, 0) is 12.8 Å². The van der Waals surface area contributed by atoms with Gasteiger partial charge in [-0.15, -0.1) is 11.3 Å². The van der Waals surface area contributed by atoms with E-state index in [9.17, 15) is 13.2 Å². The van der Waals surface area contributed by atoms with Gasteiger partial charge in [0.05, 0.1) is 16.0 Å². The van der Waals surface area contributed by atoms with Crippen molar-refractivity contribution in [2.45, 2.75) is 19.7 Å². The molecule has 0 bridgehead atoms. The van der Waals surface area contributed by atoms with Crippen LogP contribution >= 0.6 is 11.3 Å². The number of aromatic nitrogens is 1. The van der Waals surface area contributed by atoms with Crippen LogP contribution in [-0.4, -0.2) is 10.8 Å². The third-order valence-electron chi connectivity index (χ3n) is 3.99. The Morgan fingerprint density at radius 3 is 2.44 bits per heavy atom. The van der Waals surface area contributed by atoms with E-state index in [1.165, 1.54) is 23.5 Å². The molecule has 0 radical (unpaired) electrons. The van der Waals surface area contributed by atoms with E-state index < -0.39 is 11.7 Å². The van der Waals surface area contributed by atoms with Crippen LogP contribution < -0.4 is 10.5 Å². The molecule has 3 aromatic rings. The van der Waals surface area contributed by atoms with Gasteiger partial charge in [-0.3, -0.25) is 10.4 Å². The Morgan fingerprint density at radius 2 is 1.89 bits per heavy atom. The molecule has 3 N–H and O–H groups in total. The second-order valence-electron chi connectivity index (χ2n) is 5.88. The molecule has 0 spiro atoms. The number of ether oxygens (including phenoxy) is 1. The van der Waals surface area contributed by atoms with Crippen molar-refractivity contribution in [1.82, 2.24) is 4.98 Å². The summed E-state index contributed by atoms with van der Waals surface area (Å²) < 4.78 is 44.6. The molecule has 0 saturated heterocycles. The molecule has 0 amide bonds. The monoisotopic (exact) mass is 391 g/mol. The lowest BCUT2D eigenvalue weighted by atomic mass is 9.94. The summed E-state index contributed by atoms with van der Waals surface area (Å²) in [7, 11) is 0. The second kappa shape index (κ2) is 7.40.